The molecule has 0 fully saturated rings. The van der Waals surface area contributed by atoms with Crippen LogP contribution in [-0.4, -0.2) is 40.0 Å². The van der Waals surface area contributed by atoms with Crippen LogP contribution < -0.4 is 4.74 Å². The van der Waals surface area contributed by atoms with Crippen LogP contribution >= 0.6 is 114 Å². The number of ether oxygens (including phenoxy) is 1. The molecule has 0 radical (unpaired) electrons. The molecule has 0 spiro atoms. The molecule has 0 atom stereocenters. The van der Waals surface area contributed by atoms with Gasteiger partial charge in [0.2, 0.25) is 0 Å². The molecule has 0 N–H and O–H groups in total. The van der Waals surface area contributed by atoms with Crippen LogP contribution in [0.25, 0.3) is 0 Å². The van der Waals surface area contributed by atoms with Gasteiger partial charge in [-0.15, -0.1) is 0 Å². The zero-order valence-corrected chi connectivity index (χ0v) is 31.1. The van der Waals surface area contributed by atoms with Gasteiger partial charge in [0.05, 0.1) is 13.3 Å². The van der Waals surface area contributed by atoms with Gasteiger partial charge in [-0.05, 0) is 63.7 Å². The van der Waals surface area contributed by atoms with Crippen molar-refractivity contribution in [2.45, 2.75) is 31.2 Å². The standard InChI is InChI=1S/C8H11BrN2.C6H6BrNO.C3H7I.C2H5.3HI.V/c1-11(2)6-7-3-8(9)5-10-4-7;1-9-6-2-5(7)3-8-4-6;1-3(2)4;1-2;;;;/h3-5H,6H2,1-2H3;2-4H,1H3;3H,1-2H3;1H2,2H3;3*1H;/q;;;-1;;;;+3/p-3. The molecule has 0 aromatic carbocycles. The van der Waals surface area contributed by atoms with Crippen LogP contribution in [0.15, 0.2) is 45.9 Å². The Hall–Kier alpha value is 2.52. The molecule has 11 heteroatoms. The molecule has 2 rings (SSSR count). The predicted molar refractivity (Wildman–Crippen MR) is 170 cm³/mol. The molecule has 0 aliphatic heterocycles. The van der Waals surface area contributed by atoms with Crippen molar-refractivity contribution in [1.29, 1.82) is 0 Å². The van der Waals surface area contributed by atoms with Crippen molar-refractivity contribution in [3.63, 3.8) is 0 Å². The van der Waals surface area contributed by atoms with Crippen molar-refractivity contribution in [3.8, 4) is 5.75 Å². The van der Waals surface area contributed by atoms with E-state index in [1.165, 1.54) is 5.56 Å². The van der Waals surface area contributed by atoms with Crippen molar-refractivity contribution in [2.24, 2.45) is 0 Å². The van der Waals surface area contributed by atoms with Crippen LogP contribution in [0.5, 0.6) is 5.75 Å². The van der Waals surface area contributed by atoms with Gasteiger partial charge in [-0.25, -0.2) is 0 Å². The zero-order chi connectivity index (χ0) is 24.1. The van der Waals surface area contributed by atoms with Crippen LogP contribution in [0.1, 0.15) is 26.3 Å². The first kappa shape index (κ1) is 37.1. The third kappa shape index (κ3) is 32.7. The van der Waals surface area contributed by atoms with Gasteiger partial charge in [-0.2, -0.15) is 6.92 Å². The van der Waals surface area contributed by atoms with E-state index in [0.717, 1.165) is 25.2 Å². The van der Waals surface area contributed by atoms with Gasteiger partial charge in [0.15, 0.2) is 0 Å². The fourth-order valence-electron chi connectivity index (χ4n) is 1.41. The molecule has 0 aliphatic rings. The van der Waals surface area contributed by atoms with Crippen molar-refractivity contribution in [2.75, 3.05) is 21.2 Å². The molecule has 4 nitrogen and oxygen atoms in total. The van der Waals surface area contributed by atoms with Crippen molar-refractivity contribution >= 4 is 114 Å². The molecule has 174 valence electrons. The van der Waals surface area contributed by atoms with E-state index in [0.29, 0.717) is 0 Å². The maximum atomic E-state index is 4.90. The van der Waals surface area contributed by atoms with Gasteiger partial charge in [-0.1, -0.05) is 36.4 Å². The average molecular weight is 1030 g/mol. The van der Waals surface area contributed by atoms with E-state index in [-0.39, 0.29) is 4.92 Å². The molecule has 30 heavy (non-hydrogen) atoms. The van der Waals surface area contributed by atoms with E-state index in [1.807, 2.05) is 26.4 Å². The fourth-order valence-corrected chi connectivity index (χ4v) is 2.17. The van der Waals surface area contributed by atoms with E-state index in [9.17, 15) is 0 Å². The van der Waals surface area contributed by atoms with Crippen LogP contribution in [0.3, 0.4) is 0 Å². The number of hydrogen-bond donors (Lipinski definition) is 0. The third-order valence-electron chi connectivity index (χ3n) is 2.18. The number of alkyl halides is 1. The summed E-state index contributed by atoms with van der Waals surface area (Å²) in [6.45, 7) is 10.2. The summed E-state index contributed by atoms with van der Waals surface area (Å²) in [5.41, 5.74) is 1.23. The Balaban J connectivity index is -0.000000344. The molecule has 0 saturated heterocycles. The minimum atomic E-state index is -0.278. The Bertz CT molecular complexity index is 631. The molecule has 0 aliphatic carbocycles. The van der Waals surface area contributed by atoms with E-state index in [1.54, 1.807) is 32.6 Å². The van der Waals surface area contributed by atoms with Gasteiger partial charge in [0.1, 0.15) is 5.75 Å². The summed E-state index contributed by atoms with van der Waals surface area (Å²) in [5, 5.41) is 0. The van der Waals surface area contributed by atoms with E-state index >= 15 is 0 Å². The van der Waals surface area contributed by atoms with Gasteiger partial charge in [0.25, 0.3) is 0 Å². The maximum absolute atomic E-state index is 4.90. The molecule has 0 amide bonds. The molecule has 0 bridgehead atoms. The zero-order valence-electron chi connectivity index (χ0n) is 17.9. The summed E-state index contributed by atoms with van der Waals surface area (Å²) in [4.78, 5) is 9.78. The second-order valence-electron chi connectivity index (χ2n) is 5.50. The summed E-state index contributed by atoms with van der Waals surface area (Å²) in [6.07, 6.45) is 7.04. The van der Waals surface area contributed by atoms with Crippen LogP contribution in [0.2, 0.25) is 0 Å². The van der Waals surface area contributed by atoms with E-state index in [2.05, 4.69) is 156 Å². The molecular weight excluding hydrogens is 1000 g/mol. The summed E-state index contributed by atoms with van der Waals surface area (Å²) in [5.74, 6) is 0.768. The number of rotatable bonds is 3. The summed E-state index contributed by atoms with van der Waals surface area (Å²) in [6, 6.07) is 3.93. The minimum absolute atomic E-state index is 0.278. The molecule has 2 aromatic heterocycles. The van der Waals surface area contributed by atoms with Crippen LogP contribution in [0.4, 0.5) is 0 Å². The monoisotopic (exact) mass is 1030 g/mol. The SMILES string of the molecule is CC(C)I.CN(C)Cc1cncc(Br)c1.COc1cncc(Br)c1.[CH2-]C.[I][V]([I])[I]. The van der Waals surface area contributed by atoms with E-state index < -0.39 is 0 Å². The number of nitrogens with zero attached hydrogens (tertiary/aromatic N) is 3. The second kappa shape index (κ2) is 26.1. The first-order valence-electron chi connectivity index (χ1n) is 8.48. The quantitative estimate of drug-likeness (QED) is 0.175. The Morgan fingerprint density at radius 2 is 1.40 bits per heavy atom. The first-order chi connectivity index (χ1) is 14.0. The van der Waals surface area contributed by atoms with Gasteiger partial charge >= 0.3 is 64.9 Å². The fraction of sp³-hybridized carbons (Fsp3) is 0.421. The van der Waals surface area contributed by atoms with Crippen LogP contribution in [-0.2, 0) is 11.5 Å². The normalized spacial score (nSPS) is 9.20. The number of aromatic nitrogens is 2. The Kier molecular flexibility index (Phi) is 32.3. The number of hydrogen-bond acceptors (Lipinski definition) is 4. The molecule has 0 unspecified atom stereocenters. The van der Waals surface area contributed by atoms with Gasteiger partial charge in [0, 0.05) is 38.0 Å². The molecular formula is C19H29Br2I4N3OV-. The summed E-state index contributed by atoms with van der Waals surface area (Å²) in [7, 11) is 5.70. The molecule has 0 saturated carbocycles. The van der Waals surface area contributed by atoms with Crippen molar-refractivity contribution in [1.82, 2.24) is 14.9 Å². The average Bonchev–Trinajstić information content (AvgIpc) is 2.62. The Morgan fingerprint density at radius 3 is 1.70 bits per heavy atom. The summed E-state index contributed by atoms with van der Waals surface area (Å²) < 4.78 is 7.68. The van der Waals surface area contributed by atoms with Crippen molar-refractivity contribution < 1.29 is 9.66 Å². The number of halogens is 6. The topological polar surface area (TPSA) is 38.2 Å². The number of methoxy groups -OCH3 is 1. The Morgan fingerprint density at radius 1 is 1.00 bits per heavy atom. The third-order valence-corrected chi connectivity index (χ3v) is 3.04. The predicted octanol–water partition coefficient (Wildman–Crippen LogP) is 9.08. The van der Waals surface area contributed by atoms with Crippen LogP contribution in [0, 0.1) is 6.92 Å². The molecule has 2 aromatic rings. The second-order valence-corrected chi connectivity index (χ2v) is 45.2. The Labute approximate surface area is 251 Å². The summed E-state index contributed by atoms with van der Waals surface area (Å²) >= 11 is 16.4. The van der Waals surface area contributed by atoms with Gasteiger partial charge < -0.3 is 16.6 Å². The first-order valence-corrected chi connectivity index (χ1v) is 24.8. The number of pyridine rings is 2. The van der Waals surface area contributed by atoms with E-state index in [4.69, 9.17) is 4.74 Å². The van der Waals surface area contributed by atoms with Gasteiger partial charge in [-0.3, -0.25) is 9.97 Å². The molecule has 2 heterocycles. The van der Waals surface area contributed by atoms with Crippen molar-refractivity contribution in [3.05, 3.63) is 58.4 Å².